The van der Waals surface area contributed by atoms with Crippen LogP contribution in [-0.4, -0.2) is 66.8 Å². The second kappa shape index (κ2) is 37.6. The summed E-state index contributed by atoms with van der Waals surface area (Å²) in [6.07, 6.45) is 32.5. The summed E-state index contributed by atoms with van der Waals surface area (Å²) >= 11 is 23.3. The quantitative estimate of drug-likeness (QED) is 0.0805. The molecule has 0 aromatic carbocycles. The fraction of sp³-hybridized carbons (Fsp3) is 1.00. The summed E-state index contributed by atoms with van der Waals surface area (Å²) in [5.74, 6) is 1.10. The van der Waals surface area contributed by atoms with E-state index < -0.39 is 72.4 Å². The molecule has 0 heterocycles. The summed E-state index contributed by atoms with van der Waals surface area (Å²) in [4.78, 5) is 157. The minimum atomic E-state index is -5.40. The number of hydrogen-bond acceptors (Lipinski definition) is 12. The van der Waals surface area contributed by atoms with Gasteiger partial charge in [-0.3, -0.25) is 0 Å². The molecule has 504 valence electrons. The van der Waals surface area contributed by atoms with Crippen LogP contribution in [0.15, 0.2) is 0 Å². The first-order valence-corrected chi connectivity index (χ1v) is 41.1. The van der Waals surface area contributed by atoms with Gasteiger partial charge >= 0.3 is 583 Å². The van der Waals surface area contributed by atoms with Crippen molar-refractivity contribution in [3.63, 3.8) is 0 Å². The molecule has 8 aliphatic carbocycles. The molecule has 0 aromatic rings. The Kier molecular flexibility index (Phi) is 41.0. The summed E-state index contributed by atoms with van der Waals surface area (Å²) in [7, 11) is -21.6. The summed E-state index contributed by atoms with van der Waals surface area (Å²) in [6.45, 7) is 0. The zero-order chi connectivity index (χ0) is 56.0. The van der Waals surface area contributed by atoms with Crippen LogP contribution in [0.1, 0.15) is 283 Å². The molecule has 0 saturated heterocycles. The van der Waals surface area contributed by atoms with E-state index in [1.165, 1.54) is 0 Å². The van der Waals surface area contributed by atoms with Crippen molar-refractivity contribution in [3.8, 4) is 0 Å². The SMILES string of the molecule is [Ni+2].[Ni+2].[Ni+2].[Ni+2].[Ni+2].[Ni+2].[O-]P([O-])([O-])(C1CCCCC1)C1(CCCl)CCCCC1.[O-]P([O-])([O-])(C1CCCCC1)C1(CCCl)CCCCC1.[O-]P([O-])([O-])(C1CCCCC1)C1(CCCl)CCCCC1.[O-]P([O-])([O-])(C1CCCCC1)C1(CCCl)CCCCC1. The Hall–Kier alpha value is 5.36. The molecule has 12 nitrogen and oxygen atoms in total. The third-order valence-corrected chi connectivity index (χ3v) is 39.0. The molecule has 0 aromatic heterocycles. The van der Waals surface area contributed by atoms with Crippen LogP contribution in [0, 0.1) is 0 Å². The van der Waals surface area contributed by atoms with Gasteiger partial charge in [-0.25, -0.2) is 0 Å². The molecule has 0 atom stereocenters. The average molecular weight is 1580 g/mol. The van der Waals surface area contributed by atoms with E-state index in [1.54, 1.807) is 0 Å². The van der Waals surface area contributed by atoms with Crippen LogP contribution in [0.5, 0.6) is 0 Å². The van der Waals surface area contributed by atoms with E-state index in [-0.39, 0.29) is 122 Å². The van der Waals surface area contributed by atoms with Gasteiger partial charge < -0.3 is 0 Å². The molecule has 0 radical (unpaired) electrons. The first kappa shape index (κ1) is 89.4. The Balaban J connectivity index is 0. The summed E-state index contributed by atoms with van der Waals surface area (Å²) < 4.78 is 0. The van der Waals surface area contributed by atoms with Gasteiger partial charge in [-0.2, -0.15) is 0 Å². The molecule has 8 saturated carbocycles. The average Bonchev–Trinajstić information content (AvgIpc) is 3.41. The Morgan fingerprint density at radius 3 is 0.463 bits per heavy atom. The molecule has 0 aliphatic heterocycles. The van der Waals surface area contributed by atoms with E-state index in [4.69, 9.17) is 46.4 Å². The van der Waals surface area contributed by atoms with E-state index in [0.29, 0.717) is 128 Å². The third kappa shape index (κ3) is 20.2. The van der Waals surface area contributed by atoms with E-state index in [0.717, 1.165) is 154 Å². The van der Waals surface area contributed by atoms with Gasteiger partial charge in [-0.05, 0) is 0 Å². The summed E-state index contributed by atoms with van der Waals surface area (Å²) in [5, 5.41) is -4.19. The van der Waals surface area contributed by atoms with Gasteiger partial charge in [0, 0.05) is 0 Å². The molecule has 82 heavy (non-hydrogen) atoms. The predicted octanol–water partition coefficient (Wildman–Crippen LogP) is 8.11. The van der Waals surface area contributed by atoms with Crippen molar-refractivity contribution >= 4 is 75.5 Å². The summed E-state index contributed by atoms with van der Waals surface area (Å²) in [5.41, 5.74) is -2.55. The molecule has 0 unspecified atom stereocenters. The molecular weight excluding hydrogens is 1480 g/mol. The maximum atomic E-state index is 13.1. The van der Waals surface area contributed by atoms with Crippen LogP contribution in [0.3, 0.4) is 0 Å². The Labute approximate surface area is 577 Å². The van der Waals surface area contributed by atoms with E-state index in [2.05, 4.69) is 0 Å². The third-order valence-electron chi connectivity index (χ3n) is 21.6. The van der Waals surface area contributed by atoms with Crippen molar-refractivity contribution in [1.29, 1.82) is 0 Å². The first-order valence-electron chi connectivity index (χ1n) is 30.7. The minimum absolute atomic E-state index is 0. The molecule has 8 rings (SSSR count). The Morgan fingerprint density at radius 2 is 0.341 bits per heavy atom. The number of hydrogen-bond donors (Lipinski definition) is 0. The second-order valence-electron chi connectivity index (χ2n) is 25.8. The molecule has 0 bridgehead atoms. The molecule has 8 aliphatic rings. The van der Waals surface area contributed by atoms with Gasteiger partial charge in [0.1, 0.15) is 0 Å². The van der Waals surface area contributed by atoms with Gasteiger partial charge in [0.25, 0.3) is 0 Å². The fourth-order valence-electron chi connectivity index (χ4n) is 16.6. The van der Waals surface area contributed by atoms with Crippen LogP contribution < -0.4 is 58.7 Å². The van der Waals surface area contributed by atoms with Gasteiger partial charge in [-0.1, -0.05) is 0 Å². The van der Waals surface area contributed by atoms with Crippen LogP contribution in [0.4, 0.5) is 0 Å². The zero-order valence-electron chi connectivity index (χ0n) is 48.3. The van der Waals surface area contributed by atoms with Crippen LogP contribution >= 0.6 is 75.5 Å². The monoisotopic (exact) mass is 1580 g/mol. The molecule has 0 spiro atoms. The van der Waals surface area contributed by atoms with E-state index in [9.17, 15) is 58.7 Å². The van der Waals surface area contributed by atoms with Gasteiger partial charge in [0.05, 0.1) is 0 Å². The van der Waals surface area contributed by atoms with E-state index in [1.807, 2.05) is 0 Å². The molecule has 0 amide bonds. The first-order chi connectivity index (χ1) is 35.6. The van der Waals surface area contributed by atoms with Crippen molar-refractivity contribution < 1.29 is 158 Å². The number of rotatable bonds is 16. The normalized spacial score (nSPS) is 25.7. The van der Waals surface area contributed by atoms with Crippen molar-refractivity contribution in [2.24, 2.45) is 0 Å². The van der Waals surface area contributed by atoms with Crippen molar-refractivity contribution in [2.45, 2.75) is 326 Å². The molecule has 26 heteroatoms. The van der Waals surface area contributed by atoms with Crippen LogP contribution in [0.25, 0.3) is 0 Å². The van der Waals surface area contributed by atoms with Crippen LogP contribution in [0.2, 0.25) is 0 Å². The topological polar surface area (TPSA) is 277 Å². The maximum absolute atomic E-state index is 13.1. The van der Waals surface area contributed by atoms with Gasteiger partial charge in [-0.15, -0.1) is 0 Å². The summed E-state index contributed by atoms with van der Waals surface area (Å²) in [6, 6.07) is 0. The fourth-order valence-corrected chi connectivity index (χ4v) is 33.3. The molecular formula is C56H100Cl4Ni6O12P4. The standard InChI is InChI=1S/4C14H25ClO3P.6Ni/c4*15-12-11-14(9-5-2-6-10-14)19(16,17,18)13-7-3-1-4-8-13;;;;;;/h4*13H,1-12H2;;;;;;/q4*-3;6*+2. The number of halogens is 4. The Morgan fingerprint density at radius 1 is 0.220 bits per heavy atom. The van der Waals surface area contributed by atoms with Gasteiger partial charge in [0.2, 0.25) is 0 Å². The Bertz CT molecular complexity index is 1460. The van der Waals surface area contributed by atoms with Crippen molar-refractivity contribution in [2.75, 3.05) is 23.5 Å². The predicted molar refractivity (Wildman–Crippen MR) is 300 cm³/mol. The van der Waals surface area contributed by atoms with Crippen molar-refractivity contribution in [3.05, 3.63) is 0 Å². The van der Waals surface area contributed by atoms with Crippen molar-refractivity contribution in [1.82, 2.24) is 0 Å². The second-order valence-corrected chi connectivity index (χ2v) is 41.6. The van der Waals surface area contributed by atoms with E-state index >= 15 is 0 Å². The number of alkyl halides is 4. The van der Waals surface area contributed by atoms with Crippen LogP contribution in [-0.2, 0) is 98.9 Å². The zero-order valence-corrected chi connectivity index (χ0v) is 60.9. The molecule has 0 N–H and O–H groups in total. The molecule has 8 fully saturated rings. The van der Waals surface area contributed by atoms with Gasteiger partial charge in [0.15, 0.2) is 0 Å².